The molecule has 0 N–H and O–H groups in total. The summed E-state index contributed by atoms with van der Waals surface area (Å²) in [6.07, 6.45) is 6.06. The second-order valence-electron chi connectivity index (χ2n) is 3.28. The molecule has 3 nitrogen and oxygen atoms in total. The number of carbonyl (C=O) groups is 1. The van der Waals surface area contributed by atoms with Gasteiger partial charge < -0.3 is 4.74 Å². The molecule has 66 valence electrons. The van der Waals surface area contributed by atoms with Gasteiger partial charge in [-0.3, -0.25) is 4.90 Å². The van der Waals surface area contributed by atoms with E-state index in [0.29, 0.717) is 12.6 Å². The summed E-state index contributed by atoms with van der Waals surface area (Å²) in [6, 6.07) is 0.561. The molecule has 0 aromatic carbocycles. The fourth-order valence-electron chi connectivity index (χ4n) is 1.88. The first kappa shape index (κ1) is 7.65. The molecule has 0 aromatic heterocycles. The number of ether oxygens (including phenoxy) is 1. The summed E-state index contributed by atoms with van der Waals surface area (Å²) < 4.78 is 4.97. The quantitative estimate of drug-likeness (QED) is 0.554. The molecule has 0 spiro atoms. The number of fused-ring (bicyclic) bond motifs is 1. The van der Waals surface area contributed by atoms with E-state index in [0.717, 1.165) is 12.8 Å². The molecule has 12 heavy (non-hydrogen) atoms. The van der Waals surface area contributed by atoms with Gasteiger partial charge in [-0.05, 0) is 12.8 Å². The van der Waals surface area contributed by atoms with Gasteiger partial charge in [0.2, 0.25) is 0 Å². The van der Waals surface area contributed by atoms with Crippen molar-refractivity contribution in [1.29, 1.82) is 0 Å². The highest BCUT2D eigenvalue weighted by Gasteiger charge is 2.37. The average molecular weight is 167 g/mol. The molecule has 0 unspecified atom stereocenters. The Hall–Kier alpha value is -0.990. The van der Waals surface area contributed by atoms with Gasteiger partial charge >= 0.3 is 6.09 Å². The smallest absolute Gasteiger partial charge is 0.410 e. The lowest BCUT2D eigenvalue weighted by Crippen LogP contribution is -2.42. The van der Waals surface area contributed by atoms with Gasteiger partial charge in [-0.1, -0.05) is 19.1 Å². The molecule has 3 heteroatoms. The minimum atomic E-state index is -0.142. The standard InChI is InChI=1S/C9H13NO2/c1-2-7-4-3-5-8-6-12-9(11)10(7)8/h3,5,7-8H,2,4,6H2,1H3/t7-,8+/m1/s1. The number of nitrogens with zero attached hydrogens (tertiary/aromatic N) is 1. The summed E-state index contributed by atoms with van der Waals surface area (Å²) in [6.45, 7) is 2.64. The lowest BCUT2D eigenvalue weighted by atomic mass is 10.0. The van der Waals surface area contributed by atoms with Crippen LogP contribution in [0.2, 0.25) is 0 Å². The van der Waals surface area contributed by atoms with E-state index in [1.165, 1.54) is 0 Å². The molecule has 0 saturated carbocycles. The Kier molecular flexibility index (Phi) is 1.79. The van der Waals surface area contributed by atoms with E-state index in [4.69, 9.17) is 4.74 Å². The Morgan fingerprint density at radius 3 is 3.33 bits per heavy atom. The van der Waals surface area contributed by atoms with Gasteiger partial charge in [-0.25, -0.2) is 4.79 Å². The topological polar surface area (TPSA) is 29.5 Å². The maximum atomic E-state index is 11.2. The third-order valence-corrected chi connectivity index (χ3v) is 2.58. The van der Waals surface area contributed by atoms with Crippen molar-refractivity contribution in [2.75, 3.05) is 6.61 Å². The van der Waals surface area contributed by atoms with E-state index >= 15 is 0 Å². The largest absolute Gasteiger partial charge is 0.447 e. The fraction of sp³-hybridized carbons (Fsp3) is 0.667. The van der Waals surface area contributed by atoms with Crippen molar-refractivity contribution in [2.24, 2.45) is 0 Å². The molecule has 0 radical (unpaired) electrons. The summed E-state index contributed by atoms with van der Waals surface area (Å²) in [5.74, 6) is 0. The zero-order valence-corrected chi connectivity index (χ0v) is 7.19. The van der Waals surface area contributed by atoms with Crippen LogP contribution in [0.5, 0.6) is 0 Å². The van der Waals surface area contributed by atoms with E-state index in [2.05, 4.69) is 19.1 Å². The van der Waals surface area contributed by atoms with E-state index < -0.39 is 0 Å². The van der Waals surface area contributed by atoms with Crippen LogP contribution in [0.25, 0.3) is 0 Å². The van der Waals surface area contributed by atoms with Crippen molar-refractivity contribution >= 4 is 6.09 Å². The van der Waals surface area contributed by atoms with Crippen LogP contribution in [0.4, 0.5) is 4.79 Å². The van der Waals surface area contributed by atoms with Crippen LogP contribution in [0.1, 0.15) is 19.8 Å². The predicted octanol–water partition coefficient (Wildman–Crippen LogP) is 1.55. The normalized spacial score (nSPS) is 33.4. The third kappa shape index (κ3) is 1.00. The highest BCUT2D eigenvalue weighted by atomic mass is 16.6. The Morgan fingerprint density at radius 1 is 1.75 bits per heavy atom. The van der Waals surface area contributed by atoms with Crippen LogP contribution >= 0.6 is 0 Å². The lowest BCUT2D eigenvalue weighted by molar-refractivity contribution is 0.143. The van der Waals surface area contributed by atoms with Crippen molar-refractivity contribution in [3.8, 4) is 0 Å². The van der Waals surface area contributed by atoms with E-state index in [9.17, 15) is 4.79 Å². The molecule has 1 amide bonds. The van der Waals surface area contributed by atoms with Crippen molar-refractivity contribution in [1.82, 2.24) is 4.90 Å². The molecule has 2 heterocycles. The van der Waals surface area contributed by atoms with E-state index in [1.807, 2.05) is 4.90 Å². The predicted molar refractivity (Wildman–Crippen MR) is 44.8 cm³/mol. The lowest BCUT2D eigenvalue weighted by Gasteiger charge is -2.30. The van der Waals surface area contributed by atoms with Crippen molar-refractivity contribution in [2.45, 2.75) is 31.8 Å². The number of hydrogen-bond donors (Lipinski definition) is 0. The molecule has 0 aromatic rings. The highest BCUT2D eigenvalue weighted by molar-refractivity contribution is 5.71. The maximum Gasteiger partial charge on any atom is 0.410 e. The zero-order valence-electron chi connectivity index (χ0n) is 7.19. The summed E-state index contributed by atoms with van der Waals surface area (Å²) in [7, 11) is 0. The summed E-state index contributed by atoms with van der Waals surface area (Å²) in [5, 5.41) is 0. The van der Waals surface area contributed by atoms with Crippen LogP contribution in [-0.2, 0) is 4.74 Å². The summed E-state index contributed by atoms with van der Waals surface area (Å²) in [4.78, 5) is 13.1. The number of hydrogen-bond acceptors (Lipinski definition) is 2. The van der Waals surface area contributed by atoms with E-state index in [-0.39, 0.29) is 12.1 Å². The Balaban J connectivity index is 2.20. The van der Waals surface area contributed by atoms with Crippen LogP contribution in [-0.4, -0.2) is 29.7 Å². The van der Waals surface area contributed by atoms with Crippen LogP contribution in [0.15, 0.2) is 12.2 Å². The summed E-state index contributed by atoms with van der Waals surface area (Å²) >= 11 is 0. The van der Waals surface area contributed by atoms with Crippen LogP contribution < -0.4 is 0 Å². The highest BCUT2D eigenvalue weighted by Crippen LogP contribution is 2.25. The summed E-state index contributed by atoms with van der Waals surface area (Å²) in [5.41, 5.74) is 0. The molecule has 2 aliphatic heterocycles. The molecule has 2 aliphatic rings. The number of amides is 1. The van der Waals surface area contributed by atoms with Crippen LogP contribution in [0.3, 0.4) is 0 Å². The molecule has 0 aliphatic carbocycles. The van der Waals surface area contributed by atoms with Gasteiger partial charge in [0.05, 0.1) is 6.04 Å². The molecule has 1 saturated heterocycles. The molecule has 2 atom stereocenters. The Labute approximate surface area is 72.0 Å². The van der Waals surface area contributed by atoms with Gasteiger partial charge in [0, 0.05) is 6.04 Å². The minimum Gasteiger partial charge on any atom is -0.447 e. The molecule has 0 bridgehead atoms. The monoisotopic (exact) mass is 167 g/mol. The number of rotatable bonds is 1. The number of cyclic esters (lactones) is 1. The molecular weight excluding hydrogens is 154 g/mol. The SMILES string of the molecule is CC[C@@H]1CC=C[C@H]2COC(=O)N12. The first-order valence-corrected chi connectivity index (χ1v) is 4.44. The van der Waals surface area contributed by atoms with Crippen LogP contribution in [0, 0.1) is 0 Å². The van der Waals surface area contributed by atoms with E-state index in [1.54, 1.807) is 0 Å². The zero-order chi connectivity index (χ0) is 8.55. The van der Waals surface area contributed by atoms with Crippen molar-refractivity contribution in [3.05, 3.63) is 12.2 Å². The maximum absolute atomic E-state index is 11.2. The van der Waals surface area contributed by atoms with Gasteiger partial charge in [0.15, 0.2) is 0 Å². The van der Waals surface area contributed by atoms with Gasteiger partial charge in [0.25, 0.3) is 0 Å². The van der Waals surface area contributed by atoms with Gasteiger partial charge in [-0.15, -0.1) is 0 Å². The first-order valence-electron chi connectivity index (χ1n) is 4.44. The first-order chi connectivity index (χ1) is 5.83. The van der Waals surface area contributed by atoms with Crippen molar-refractivity contribution < 1.29 is 9.53 Å². The van der Waals surface area contributed by atoms with Gasteiger partial charge in [0.1, 0.15) is 6.61 Å². The number of carbonyl (C=O) groups excluding carboxylic acids is 1. The second-order valence-corrected chi connectivity index (χ2v) is 3.28. The fourth-order valence-corrected chi connectivity index (χ4v) is 1.88. The minimum absolute atomic E-state index is 0.142. The Bertz CT molecular complexity index is 225. The Morgan fingerprint density at radius 2 is 2.58 bits per heavy atom. The second kappa shape index (κ2) is 2.81. The molecular formula is C9H13NO2. The average Bonchev–Trinajstić information content (AvgIpc) is 2.48. The van der Waals surface area contributed by atoms with Gasteiger partial charge in [-0.2, -0.15) is 0 Å². The third-order valence-electron chi connectivity index (χ3n) is 2.58. The van der Waals surface area contributed by atoms with Crippen molar-refractivity contribution in [3.63, 3.8) is 0 Å². The molecule has 1 fully saturated rings. The molecule has 2 rings (SSSR count).